The highest BCUT2D eigenvalue weighted by Crippen LogP contribution is 2.28. The van der Waals surface area contributed by atoms with Crippen LogP contribution >= 0.6 is 11.3 Å². The van der Waals surface area contributed by atoms with Gasteiger partial charge in [0, 0.05) is 5.69 Å². The van der Waals surface area contributed by atoms with E-state index in [2.05, 4.69) is 10.3 Å². The molecule has 0 aliphatic carbocycles. The first-order chi connectivity index (χ1) is 8.70. The van der Waals surface area contributed by atoms with Gasteiger partial charge in [-0.3, -0.25) is 0 Å². The number of nitrogens with zero attached hydrogens (tertiary/aromatic N) is 1. The van der Waals surface area contributed by atoms with Crippen LogP contribution in [0.2, 0.25) is 0 Å². The molecule has 0 radical (unpaired) electrons. The Hall–Kier alpha value is -1.94. The van der Waals surface area contributed by atoms with Gasteiger partial charge < -0.3 is 5.32 Å². The van der Waals surface area contributed by atoms with Crippen LogP contribution < -0.4 is 5.32 Å². The number of nitrogens with one attached hydrogen (secondary N) is 1. The second-order valence-electron chi connectivity index (χ2n) is 4.12. The summed E-state index contributed by atoms with van der Waals surface area (Å²) in [6, 6.07) is 12.7. The molecule has 0 atom stereocenters. The average molecular weight is 258 g/mol. The van der Waals surface area contributed by atoms with Gasteiger partial charge in [-0.1, -0.05) is 29.0 Å². The molecule has 0 saturated heterocycles. The predicted octanol–water partition coefficient (Wildman–Crippen LogP) is 4.49. The summed E-state index contributed by atoms with van der Waals surface area (Å²) in [5, 5.41) is 4.00. The van der Waals surface area contributed by atoms with Gasteiger partial charge in [0.25, 0.3) is 0 Å². The van der Waals surface area contributed by atoms with Crippen LogP contribution in [0.15, 0.2) is 42.5 Å². The first-order valence-electron chi connectivity index (χ1n) is 5.60. The fourth-order valence-electron chi connectivity index (χ4n) is 1.71. The minimum Gasteiger partial charge on any atom is -0.332 e. The van der Waals surface area contributed by atoms with Crippen molar-refractivity contribution in [2.24, 2.45) is 0 Å². The minimum atomic E-state index is -0.229. The highest BCUT2D eigenvalue weighted by atomic mass is 32.1. The molecule has 0 spiro atoms. The van der Waals surface area contributed by atoms with E-state index in [1.54, 1.807) is 6.07 Å². The number of benzene rings is 2. The third-order valence-electron chi connectivity index (χ3n) is 2.65. The van der Waals surface area contributed by atoms with Gasteiger partial charge in [0.05, 0.1) is 10.2 Å². The average Bonchev–Trinajstić information content (AvgIpc) is 2.73. The van der Waals surface area contributed by atoms with E-state index < -0.39 is 0 Å². The summed E-state index contributed by atoms with van der Waals surface area (Å²) in [6.07, 6.45) is 0. The molecule has 0 bridgehead atoms. The topological polar surface area (TPSA) is 24.9 Å². The van der Waals surface area contributed by atoms with Crippen molar-refractivity contribution in [3.8, 4) is 0 Å². The zero-order chi connectivity index (χ0) is 12.5. The summed E-state index contributed by atoms with van der Waals surface area (Å²) in [4.78, 5) is 4.41. The second-order valence-corrected chi connectivity index (χ2v) is 5.15. The quantitative estimate of drug-likeness (QED) is 0.732. The Morgan fingerprint density at radius 2 is 1.89 bits per heavy atom. The Morgan fingerprint density at radius 3 is 2.67 bits per heavy atom. The number of fused-ring (bicyclic) bond motifs is 1. The van der Waals surface area contributed by atoms with E-state index in [0.29, 0.717) is 0 Å². The summed E-state index contributed by atoms with van der Waals surface area (Å²) in [6.45, 7) is 2.05. The molecule has 0 aliphatic rings. The third kappa shape index (κ3) is 2.19. The zero-order valence-electron chi connectivity index (χ0n) is 9.77. The van der Waals surface area contributed by atoms with Crippen molar-refractivity contribution >= 4 is 32.4 Å². The number of aryl methyl sites for hydroxylation is 1. The fraction of sp³-hybridized carbons (Fsp3) is 0.0714. The molecule has 2 nitrogen and oxygen atoms in total. The van der Waals surface area contributed by atoms with Crippen LogP contribution in [-0.4, -0.2) is 4.98 Å². The molecule has 1 heterocycles. The van der Waals surface area contributed by atoms with Crippen LogP contribution in [0.3, 0.4) is 0 Å². The molecule has 3 rings (SSSR count). The second kappa shape index (κ2) is 4.38. The van der Waals surface area contributed by atoms with Crippen molar-refractivity contribution in [2.45, 2.75) is 6.92 Å². The molecule has 0 amide bonds. The Balaban J connectivity index is 1.92. The molecule has 4 heteroatoms. The van der Waals surface area contributed by atoms with Crippen LogP contribution in [0.25, 0.3) is 10.2 Å². The first-order valence-corrected chi connectivity index (χ1v) is 6.42. The van der Waals surface area contributed by atoms with Crippen LogP contribution in [0, 0.1) is 12.7 Å². The molecule has 18 heavy (non-hydrogen) atoms. The Morgan fingerprint density at radius 1 is 1.11 bits per heavy atom. The summed E-state index contributed by atoms with van der Waals surface area (Å²) < 4.78 is 13.9. The van der Waals surface area contributed by atoms with E-state index in [1.165, 1.54) is 29.0 Å². The molecule has 90 valence electrons. The lowest BCUT2D eigenvalue weighted by molar-refractivity contribution is 0.630. The number of anilines is 2. The molecule has 0 aliphatic heterocycles. The van der Waals surface area contributed by atoms with E-state index in [1.807, 2.05) is 31.2 Å². The van der Waals surface area contributed by atoms with Gasteiger partial charge in [0.15, 0.2) is 5.13 Å². The lowest BCUT2D eigenvalue weighted by atomic mass is 10.2. The molecule has 2 aromatic carbocycles. The highest BCUT2D eigenvalue weighted by Gasteiger charge is 2.04. The summed E-state index contributed by atoms with van der Waals surface area (Å²) in [5.74, 6) is -0.229. The third-order valence-corrected chi connectivity index (χ3v) is 3.59. The van der Waals surface area contributed by atoms with Gasteiger partial charge in [-0.2, -0.15) is 0 Å². The van der Waals surface area contributed by atoms with E-state index in [9.17, 15) is 4.39 Å². The first kappa shape index (κ1) is 11.2. The van der Waals surface area contributed by atoms with Crippen molar-refractivity contribution in [1.29, 1.82) is 0 Å². The van der Waals surface area contributed by atoms with Gasteiger partial charge in [0.2, 0.25) is 0 Å². The number of halogens is 1. The van der Waals surface area contributed by atoms with Crippen molar-refractivity contribution in [3.63, 3.8) is 0 Å². The molecular formula is C14H11FN2S. The largest absolute Gasteiger partial charge is 0.332 e. The maximum atomic E-state index is 13.1. The molecule has 3 aromatic rings. The number of thiazole rings is 1. The summed E-state index contributed by atoms with van der Waals surface area (Å²) >= 11 is 1.45. The number of rotatable bonds is 2. The highest BCUT2D eigenvalue weighted by molar-refractivity contribution is 7.22. The van der Waals surface area contributed by atoms with Gasteiger partial charge in [-0.15, -0.1) is 0 Å². The molecule has 0 fully saturated rings. The number of hydrogen-bond acceptors (Lipinski definition) is 3. The SMILES string of the molecule is Cc1ccc(Nc2nc3ccc(F)cc3s2)cc1. The van der Waals surface area contributed by atoms with Crippen LogP contribution in [0.1, 0.15) is 5.56 Å². The lowest BCUT2D eigenvalue weighted by Gasteiger charge is -2.01. The van der Waals surface area contributed by atoms with E-state index in [0.717, 1.165) is 21.0 Å². The van der Waals surface area contributed by atoms with Crippen molar-refractivity contribution in [2.75, 3.05) is 5.32 Å². The van der Waals surface area contributed by atoms with Crippen LogP contribution in [0.5, 0.6) is 0 Å². The standard InChI is InChI=1S/C14H11FN2S/c1-9-2-5-11(6-3-9)16-14-17-12-7-4-10(15)8-13(12)18-14/h2-8H,1H3,(H,16,17). The fourth-order valence-corrected chi connectivity index (χ4v) is 2.62. The van der Waals surface area contributed by atoms with E-state index in [4.69, 9.17) is 0 Å². The predicted molar refractivity (Wildman–Crippen MR) is 74.0 cm³/mol. The van der Waals surface area contributed by atoms with Crippen molar-refractivity contribution in [3.05, 3.63) is 53.8 Å². The molecule has 1 N–H and O–H groups in total. The van der Waals surface area contributed by atoms with Gasteiger partial charge in [-0.25, -0.2) is 9.37 Å². The Bertz CT molecular complexity index is 689. The molecule has 0 saturated carbocycles. The lowest BCUT2D eigenvalue weighted by Crippen LogP contribution is -1.88. The Labute approximate surface area is 108 Å². The van der Waals surface area contributed by atoms with Gasteiger partial charge >= 0.3 is 0 Å². The molecule has 0 unspecified atom stereocenters. The number of aromatic nitrogens is 1. The van der Waals surface area contributed by atoms with Crippen molar-refractivity contribution < 1.29 is 4.39 Å². The number of hydrogen-bond donors (Lipinski definition) is 1. The maximum absolute atomic E-state index is 13.1. The van der Waals surface area contributed by atoms with Gasteiger partial charge in [-0.05, 0) is 37.3 Å². The normalized spacial score (nSPS) is 10.8. The smallest absolute Gasteiger partial charge is 0.188 e. The zero-order valence-corrected chi connectivity index (χ0v) is 10.6. The van der Waals surface area contributed by atoms with Crippen molar-refractivity contribution in [1.82, 2.24) is 4.98 Å². The summed E-state index contributed by atoms with van der Waals surface area (Å²) in [7, 11) is 0. The Kier molecular flexibility index (Phi) is 2.72. The van der Waals surface area contributed by atoms with Crippen LogP contribution in [-0.2, 0) is 0 Å². The van der Waals surface area contributed by atoms with Gasteiger partial charge in [0.1, 0.15) is 5.82 Å². The van der Waals surface area contributed by atoms with E-state index >= 15 is 0 Å². The molecule has 1 aromatic heterocycles. The minimum absolute atomic E-state index is 0.229. The van der Waals surface area contributed by atoms with Crippen LogP contribution in [0.4, 0.5) is 15.2 Å². The van der Waals surface area contributed by atoms with E-state index in [-0.39, 0.29) is 5.82 Å². The monoisotopic (exact) mass is 258 g/mol. The maximum Gasteiger partial charge on any atom is 0.188 e. The summed E-state index contributed by atoms with van der Waals surface area (Å²) in [5.41, 5.74) is 3.02. The molecular weight excluding hydrogens is 247 g/mol.